The third kappa shape index (κ3) is 1.11. The van der Waals surface area contributed by atoms with E-state index >= 15 is 0 Å². The van der Waals surface area contributed by atoms with Crippen molar-refractivity contribution in [1.82, 2.24) is 0 Å². The van der Waals surface area contributed by atoms with E-state index in [9.17, 15) is 4.79 Å². The Balaban J connectivity index is 1.90. The molecule has 0 spiro atoms. The molecular formula is C17H20O. The van der Waals surface area contributed by atoms with E-state index in [1.807, 2.05) is 6.92 Å². The van der Waals surface area contributed by atoms with Crippen LogP contribution in [0.2, 0.25) is 0 Å². The summed E-state index contributed by atoms with van der Waals surface area (Å²) < 4.78 is 0. The molecule has 18 heavy (non-hydrogen) atoms. The zero-order valence-corrected chi connectivity index (χ0v) is 10.9. The van der Waals surface area contributed by atoms with Crippen molar-refractivity contribution in [1.29, 1.82) is 0 Å². The molecule has 0 heterocycles. The predicted octanol–water partition coefficient (Wildman–Crippen LogP) is 3.58. The van der Waals surface area contributed by atoms with Gasteiger partial charge in [0.05, 0.1) is 5.41 Å². The van der Waals surface area contributed by atoms with Gasteiger partial charge in [-0.1, -0.05) is 30.3 Å². The van der Waals surface area contributed by atoms with E-state index in [-0.39, 0.29) is 5.41 Å². The standard InChI is InChI=1S/C17H20O/c1-11(18)17(14-5-3-2-4-6-14)15-8-12-7-13(10-15)16(17)9-12/h2-6,12-13,15-16H,7-10H2,1H3. The molecule has 5 unspecified atom stereocenters. The summed E-state index contributed by atoms with van der Waals surface area (Å²) >= 11 is 0. The van der Waals surface area contributed by atoms with Crippen molar-refractivity contribution in [3.05, 3.63) is 35.9 Å². The molecule has 1 nitrogen and oxygen atoms in total. The average molecular weight is 240 g/mol. The molecule has 0 saturated heterocycles. The van der Waals surface area contributed by atoms with E-state index < -0.39 is 0 Å². The average Bonchev–Trinajstić information content (AvgIpc) is 2.77. The van der Waals surface area contributed by atoms with E-state index in [0.717, 1.165) is 11.8 Å². The van der Waals surface area contributed by atoms with Crippen molar-refractivity contribution >= 4 is 5.78 Å². The lowest BCUT2D eigenvalue weighted by Gasteiger charge is -2.43. The van der Waals surface area contributed by atoms with Crippen LogP contribution in [0.15, 0.2) is 30.3 Å². The maximum absolute atomic E-state index is 12.5. The first-order valence-corrected chi connectivity index (χ1v) is 7.29. The molecule has 4 aliphatic rings. The first kappa shape index (κ1) is 10.8. The second kappa shape index (κ2) is 3.46. The van der Waals surface area contributed by atoms with Gasteiger partial charge < -0.3 is 0 Å². The van der Waals surface area contributed by atoms with Gasteiger partial charge in [-0.3, -0.25) is 4.79 Å². The summed E-state index contributed by atoms with van der Waals surface area (Å²) in [6, 6.07) is 10.6. The Bertz CT molecular complexity index is 488. The van der Waals surface area contributed by atoms with Crippen LogP contribution < -0.4 is 0 Å². The van der Waals surface area contributed by atoms with Crippen molar-refractivity contribution in [2.24, 2.45) is 23.7 Å². The molecule has 4 bridgehead atoms. The summed E-state index contributed by atoms with van der Waals surface area (Å²) in [5, 5.41) is 0. The van der Waals surface area contributed by atoms with E-state index in [0.29, 0.717) is 17.6 Å². The van der Waals surface area contributed by atoms with Crippen LogP contribution in [0.4, 0.5) is 0 Å². The van der Waals surface area contributed by atoms with Crippen LogP contribution in [0.5, 0.6) is 0 Å². The number of hydrogen-bond donors (Lipinski definition) is 0. The second-order valence-electron chi connectivity index (χ2n) is 6.66. The van der Waals surface area contributed by atoms with Gasteiger partial charge in [-0.15, -0.1) is 0 Å². The summed E-state index contributed by atoms with van der Waals surface area (Å²) in [6.07, 6.45) is 5.29. The minimum absolute atomic E-state index is 0.126. The molecule has 1 heteroatoms. The lowest BCUT2D eigenvalue weighted by atomic mass is 9.59. The van der Waals surface area contributed by atoms with Crippen molar-refractivity contribution in [2.75, 3.05) is 0 Å². The highest BCUT2D eigenvalue weighted by molar-refractivity contribution is 5.89. The Morgan fingerprint density at radius 1 is 1.11 bits per heavy atom. The van der Waals surface area contributed by atoms with E-state index in [1.54, 1.807) is 0 Å². The fourth-order valence-corrected chi connectivity index (χ4v) is 5.70. The highest BCUT2D eigenvalue weighted by atomic mass is 16.1. The topological polar surface area (TPSA) is 17.1 Å². The van der Waals surface area contributed by atoms with Crippen LogP contribution in [0, 0.1) is 23.7 Å². The maximum atomic E-state index is 12.5. The number of carbonyl (C=O) groups is 1. The predicted molar refractivity (Wildman–Crippen MR) is 71.2 cm³/mol. The zero-order valence-electron chi connectivity index (χ0n) is 10.9. The molecule has 94 valence electrons. The summed E-state index contributed by atoms with van der Waals surface area (Å²) in [7, 11) is 0. The van der Waals surface area contributed by atoms with Crippen molar-refractivity contribution in [3.8, 4) is 0 Å². The van der Waals surface area contributed by atoms with Crippen molar-refractivity contribution < 1.29 is 4.79 Å². The minimum atomic E-state index is -0.126. The third-order valence-corrected chi connectivity index (χ3v) is 6.06. The fraction of sp³-hybridized carbons (Fsp3) is 0.588. The van der Waals surface area contributed by atoms with Crippen molar-refractivity contribution in [3.63, 3.8) is 0 Å². The van der Waals surface area contributed by atoms with Gasteiger partial charge in [-0.25, -0.2) is 0 Å². The van der Waals surface area contributed by atoms with Gasteiger partial charge in [-0.2, -0.15) is 0 Å². The first-order valence-electron chi connectivity index (χ1n) is 7.29. The first-order chi connectivity index (χ1) is 8.73. The second-order valence-corrected chi connectivity index (χ2v) is 6.66. The number of hydrogen-bond acceptors (Lipinski definition) is 1. The molecule has 4 saturated carbocycles. The van der Waals surface area contributed by atoms with Crippen LogP contribution >= 0.6 is 0 Å². The Hall–Kier alpha value is -1.11. The zero-order chi connectivity index (χ0) is 12.3. The minimum Gasteiger partial charge on any atom is -0.299 e. The number of carbonyl (C=O) groups excluding carboxylic acids is 1. The number of ketones is 1. The Morgan fingerprint density at radius 3 is 2.56 bits per heavy atom. The van der Waals surface area contributed by atoms with E-state index in [1.165, 1.54) is 31.2 Å². The van der Waals surface area contributed by atoms with Crippen LogP contribution in [-0.4, -0.2) is 5.78 Å². The molecule has 0 aliphatic heterocycles. The maximum Gasteiger partial charge on any atom is 0.140 e. The van der Waals surface area contributed by atoms with Crippen LogP contribution in [-0.2, 0) is 10.2 Å². The molecular weight excluding hydrogens is 220 g/mol. The molecule has 4 fully saturated rings. The number of benzene rings is 1. The molecule has 0 N–H and O–H groups in total. The van der Waals surface area contributed by atoms with Gasteiger partial charge in [0.2, 0.25) is 0 Å². The highest BCUT2D eigenvalue weighted by Crippen LogP contribution is 2.67. The Morgan fingerprint density at radius 2 is 1.89 bits per heavy atom. The summed E-state index contributed by atoms with van der Waals surface area (Å²) in [5.74, 6) is 3.44. The number of Topliss-reactive ketones (excluding diaryl/α,β-unsaturated/α-hetero) is 1. The normalized spacial score (nSPS) is 44.5. The summed E-state index contributed by atoms with van der Waals surface area (Å²) in [4.78, 5) is 12.5. The SMILES string of the molecule is CC(=O)C1(c2ccccc2)C2CC3CC(C2)C1C3. The molecule has 5 atom stereocenters. The third-order valence-electron chi connectivity index (χ3n) is 6.06. The van der Waals surface area contributed by atoms with Crippen LogP contribution in [0.3, 0.4) is 0 Å². The van der Waals surface area contributed by atoms with Gasteiger partial charge >= 0.3 is 0 Å². The molecule has 1 aromatic rings. The summed E-state index contributed by atoms with van der Waals surface area (Å²) in [6.45, 7) is 1.83. The van der Waals surface area contributed by atoms with Crippen molar-refractivity contribution in [2.45, 2.75) is 38.0 Å². The Labute approximate surface area is 109 Å². The summed E-state index contributed by atoms with van der Waals surface area (Å²) in [5.41, 5.74) is 1.18. The molecule has 0 amide bonds. The highest BCUT2D eigenvalue weighted by Gasteiger charge is 2.64. The van der Waals surface area contributed by atoms with Gasteiger partial charge in [0.25, 0.3) is 0 Å². The molecule has 1 aromatic carbocycles. The van der Waals surface area contributed by atoms with Gasteiger partial charge in [0, 0.05) is 0 Å². The molecule has 4 aliphatic carbocycles. The van der Waals surface area contributed by atoms with E-state index in [2.05, 4.69) is 30.3 Å². The largest absolute Gasteiger partial charge is 0.299 e. The van der Waals surface area contributed by atoms with Gasteiger partial charge in [-0.05, 0) is 61.8 Å². The van der Waals surface area contributed by atoms with Gasteiger partial charge in [0.15, 0.2) is 0 Å². The lowest BCUT2D eigenvalue weighted by Crippen LogP contribution is -2.46. The van der Waals surface area contributed by atoms with Crippen LogP contribution in [0.25, 0.3) is 0 Å². The van der Waals surface area contributed by atoms with E-state index in [4.69, 9.17) is 0 Å². The number of rotatable bonds is 2. The van der Waals surface area contributed by atoms with Crippen LogP contribution in [0.1, 0.15) is 38.2 Å². The Kier molecular flexibility index (Phi) is 2.07. The monoisotopic (exact) mass is 240 g/mol. The quantitative estimate of drug-likeness (QED) is 0.772. The smallest absolute Gasteiger partial charge is 0.140 e. The fourth-order valence-electron chi connectivity index (χ4n) is 5.70. The molecule has 0 aromatic heterocycles. The van der Waals surface area contributed by atoms with Gasteiger partial charge in [0.1, 0.15) is 5.78 Å². The molecule has 5 rings (SSSR count). The molecule has 0 radical (unpaired) electrons. The lowest BCUT2D eigenvalue weighted by molar-refractivity contribution is -0.126.